The summed E-state index contributed by atoms with van der Waals surface area (Å²) in [5.74, 6) is -2.63. The van der Waals surface area contributed by atoms with Crippen molar-refractivity contribution in [3.8, 4) is 5.69 Å². The summed E-state index contributed by atoms with van der Waals surface area (Å²) in [6.07, 6.45) is 1.74. The van der Waals surface area contributed by atoms with Crippen molar-refractivity contribution >= 4 is 17.9 Å². The maximum Gasteiger partial charge on any atom is 0.358 e. The summed E-state index contributed by atoms with van der Waals surface area (Å²) in [7, 11) is 0. The van der Waals surface area contributed by atoms with Crippen LogP contribution >= 0.6 is 0 Å². The number of benzene rings is 2. The van der Waals surface area contributed by atoms with E-state index in [2.05, 4.69) is 5.10 Å². The number of nitrogens with zero attached hydrogens (tertiary/aromatic N) is 2. The third-order valence-corrected chi connectivity index (χ3v) is 3.67. The normalized spacial score (nSPS) is 9.86. The predicted octanol–water partition coefficient (Wildman–Crippen LogP) is 3.44. The van der Waals surface area contributed by atoms with Gasteiger partial charge >= 0.3 is 17.9 Å². The van der Waals surface area contributed by atoms with Gasteiger partial charge in [-0.2, -0.15) is 5.10 Å². The van der Waals surface area contributed by atoms with Crippen LogP contribution in [0.5, 0.6) is 0 Å². The van der Waals surface area contributed by atoms with Crippen LogP contribution in [0, 0.1) is 6.92 Å². The molecule has 1 heterocycles. The van der Waals surface area contributed by atoms with Gasteiger partial charge in [-0.05, 0) is 55.8 Å². The SMILES string of the molecule is CCOC(=O)c1ccn(-c2ccccc2)n1.Cc1cc(C(=O)O)cc(C(=O)O)c1. The second kappa shape index (κ2) is 9.84. The molecule has 8 nitrogen and oxygen atoms in total. The van der Waals surface area contributed by atoms with E-state index in [1.165, 1.54) is 12.1 Å². The number of para-hydroxylation sites is 1. The molecule has 3 aromatic rings. The van der Waals surface area contributed by atoms with E-state index in [0.29, 0.717) is 17.9 Å². The first-order valence-electron chi connectivity index (χ1n) is 8.68. The summed E-state index contributed by atoms with van der Waals surface area (Å²) in [4.78, 5) is 32.5. The van der Waals surface area contributed by atoms with Crippen molar-refractivity contribution in [2.24, 2.45) is 0 Å². The Hall–Kier alpha value is -3.94. The van der Waals surface area contributed by atoms with E-state index in [1.807, 2.05) is 30.3 Å². The first-order valence-corrected chi connectivity index (χ1v) is 8.68. The number of carboxylic acid groups (broad SMARTS) is 2. The van der Waals surface area contributed by atoms with Crippen LogP contribution in [0.3, 0.4) is 0 Å². The number of rotatable bonds is 5. The monoisotopic (exact) mass is 396 g/mol. The molecule has 0 saturated carbocycles. The Kier molecular flexibility index (Phi) is 7.25. The molecule has 0 amide bonds. The highest BCUT2D eigenvalue weighted by atomic mass is 16.5. The number of aromatic carboxylic acids is 2. The van der Waals surface area contributed by atoms with Crippen LogP contribution in [0.15, 0.2) is 60.8 Å². The number of aromatic nitrogens is 2. The van der Waals surface area contributed by atoms with Crippen molar-refractivity contribution in [1.82, 2.24) is 9.78 Å². The number of hydrogen-bond donors (Lipinski definition) is 2. The van der Waals surface area contributed by atoms with Gasteiger partial charge < -0.3 is 14.9 Å². The van der Waals surface area contributed by atoms with Gasteiger partial charge in [0.1, 0.15) is 0 Å². The molecular weight excluding hydrogens is 376 g/mol. The Morgan fingerprint density at radius 2 is 1.55 bits per heavy atom. The standard InChI is InChI=1S/C12H12N2O2.C9H8O4/c1-2-16-12(15)11-8-9-14(13-11)10-6-4-3-5-7-10;1-5-2-6(8(10)11)4-7(3-5)9(12)13/h3-9H,2H2,1H3;2-4H,1H3,(H,10,11)(H,12,13). The zero-order valence-electron chi connectivity index (χ0n) is 15.9. The van der Waals surface area contributed by atoms with E-state index >= 15 is 0 Å². The zero-order valence-corrected chi connectivity index (χ0v) is 15.9. The Morgan fingerprint density at radius 1 is 0.966 bits per heavy atom. The molecule has 3 rings (SSSR count). The van der Waals surface area contributed by atoms with Crippen LogP contribution in [0.2, 0.25) is 0 Å². The molecule has 0 saturated heterocycles. The quantitative estimate of drug-likeness (QED) is 0.634. The number of aryl methyl sites for hydroxylation is 1. The van der Waals surface area contributed by atoms with E-state index in [9.17, 15) is 14.4 Å². The molecule has 0 aliphatic rings. The van der Waals surface area contributed by atoms with E-state index in [4.69, 9.17) is 14.9 Å². The van der Waals surface area contributed by atoms with Crippen molar-refractivity contribution in [3.63, 3.8) is 0 Å². The maximum absolute atomic E-state index is 11.4. The number of ether oxygens (including phenoxy) is 1. The second-order valence-electron chi connectivity index (χ2n) is 5.90. The summed E-state index contributed by atoms with van der Waals surface area (Å²) in [6, 6.07) is 15.2. The van der Waals surface area contributed by atoms with Crippen LogP contribution in [-0.2, 0) is 4.74 Å². The van der Waals surface area contributed by atoms with Crippen molar-refractivity contribution < 1.29 is 29.3 Å². The Morgan fingerprint density at radius 3 is 2.07 bits per heavy atom. The van der Waals surface area contributed by atoms with Crippen LogP contribution in [0.4, 0.5) is 0 Å². The number of esters is 1. The van der Waals surface area contributed by atoms with Gasteiger partial charge in [-0.25, -0.2) is 19.1 Å². The number of carbonyl (C=O) groups is 3. The lowest BCUT2D eigenvalue weighted by molar-refractivity contribution is 0.0518. The van der Waals surface area contributed by atoms with E-state index in [1.54, 1.807) is 30.8 Å². The minimum atomic E-state index is -1.12. The summed E-state index contributed by atoms with van der Waals surface area (Å²) in [6.45, 7) is 3.78. The molecule has 1 aromatic heterocycles. The lowest BCUT2D eigenvalue weighted by Gasteiger charge is -2.00. The van der Waals surface area contributed by atoms with E-state index < -0.39 is 17.9 Å². The lowest BCUT2D eigenvalue weighted by Crippen LogP contribution is -2.06. The average Bonchev–Trinajstić information content (AvgIpc) is 3.19. The van der Waals surface area contributed by atoms with Crippen LogP contribution < -0.4 is 0 Å². The highest BCUT2D eigenvalue weighted by molar-refractivity contribution is 5.94. The fourth-order valence-electron chi connectivity index (χ4n) is 2.39. The fraction of sp³-hybridized carbons (Fsp3) is 0.143. The first-order chi connectivity index (χ1) is 13.8. The summed E-state index contributed by atoms with van der Waals surface area (Å²) >= 11 is 0. The minimum Gasteiger partial charge on any atom is -0.478 e. The molecule has 0 radical (unpaired) electrons. The molecule has 2 aromatic carbocycles. The number of hydrogen-bond acceptors (Lipinski definition) is 5. The highest BCUT2D eigenvalue weighted by Crippen LogP contribution is 2.10. The molecule has 0 spiro atoms. The highest BCUT2D eigenvalue weighted by Gasteiger charge is 2.10. The van der Waals surface area contributed by atoms with Gasteiger partial charge in [0.15, 0.2) is 5.69 Å². The summed E-state index contributed by atoms with van der Waals surface area (Å²) in [5.41, 5.74) is 1.86. The largest absolute Gasteiger partial charge is 0.478 e. The molecule has 0 aliphatic carbocycles. The van der Waals surface area contributed by atoms with Crippen LogP contribution in [0.1, 0.15) is 43.7 Å². The predicted molar refractivity (Wildman–Crippen MR) is 105 cm³/mol. The average molecular weight is 396 g/mol. The van der Waals surface area contributed by atoms with Crippen LogP contribution in [-0.4, -0.2) is 44.5 Å². The van der Waals surface area contributed by atoms with Crippen molar-refractivity contribution in [3.05, 3.63) is 83.2 Å². The van der Waals surface area contributed by atoms with Gasteiger partial charge in [0, 0.05) is 6.20 Å². The number of carboxylic acids is 2. The van der Waals surface area contributed by atoms with E-state index in [0.717, 1.165) is 11.8 Å². The van der Waals surface area contributed by atoms with Gasteiger partial charge in [0.25, 0.3) is 0 Å². The zero-order chi connectivity index (χ0) is 21.4. The number of carbonyl (C=O) groups excluding carboxylic acids is 1. The maximum atomic E-state index is 11.4. The molecule has 29 heavy (non-hydrogen) atoms. The molecule has 2 N–H and O–H groups in total. The molecule has 0 atom stereocenters. The van der Waals surface area contributed by atoms with Gasteiger partial charge in [-0.1, -0.05) is 18.2 Å². The Labute approximate surface area is 167 Å². The fourth-order valence-corrected chi connectivity index (χ4v) is 2.39. The van der Waals surface area contributed by atoms with Crippen LogP contribution in [0.25, 0.3) is 5.69 Å². The Balaban J connectivity index is 0.000000212. The molecular formula is C21H20N2O6. The smallest absolute Gasteiger partial charge is 0.358 e. The topological polar surface area (TPSA) is 119 Å². The minimum absolute atomic E-state index is 0.00241. The van der Waals surface area contributed by atoms with Crippen molar-refractivity contribution in [2.75, 3.05) is 6.61 Å². The molecule has 0 aliphatic heterocycles. The third kappa shape index (κ3) is 6.03. The van der Waals surface area contributed by atoms with Gasteiger partial charge in [-0.3, -0.25) is 0 Å². The molecule has 0 bridgehead atoms. The first kappa shape index (κ1) is 21.4. The van der Waals surface area contributed by atoms with Crippen molar-refractivity contribution in [1.29, 1.82) is 0 Å². The van der Waals surface area contributed by atoms with Gasteiger partial charge in [-0.15, -0.1) is 0 Å². The van der Waals surface area contributed by atoms with Gasteiger partial charge in [0.2, 0.25) is 0 Å². The second-order valence-corrected chi connectivity index (χ2v) is 5.90. The molecule has 8 heteroatoms. The van der Waals surface area contributed by atoms with Crippen molar-refractivity contribution in [2.45, 2.75) is 13.8 Å². The van der Waals surface area contributed by atoms with Gasteiger partial charge in [0.05, 0.1) is 23.4 Å². The third-order valence-electron chi connectivity index (χ3n) is 3.67. The summed E-state index contributed by atoms with van der Waals surface area (Å²) < 4.78 is 6.51. The summed E-state index contributed by atoms with van der Waals surface area (Å²) in [5, 5.41) is 21.4. The molecule has 150 valence electrons. The Bertz CT molecular complexity index is 979. The van der Waals surface area contributed by atoms with E-state index in [-0.39, 0.29) is 11.1 Å². The molecule has 0 fully saturated rings. The lowest BCUT2D eigenvalue weighted by atomic mass is 10.1. The molecule has 0 unspecified atom stereocenters.